The highest BCUT2D eigenvalue weighted by atomic mass is 16.4. The molecule has 0 aromatic heterocycles. The lowest BCUT2D eigenvalue weighted by Gasteiger charge is -2.30. The maximum absolute atomic E-state index is 11.0. The highest BCUT2D eigenvalue weighted by Crippen LogP contribution is 2.16. The van der Waals surface area contributed by atoms with E-state index in [4.69, 9.17) is 5.11 Å². The Labute approximate surface area is 119 Å². The van der Waals surface area contributed by atoms with Gasteiger partial charge in [-0.15, -0.1) is 0 Å². The lowest BCUT2D eigenvalue weighted by molar-refractivity contribution is -0.143. The Morgan fingerprint density at radius 2 is 1.53 bits per heavy atom. The van der Waals surface area contributed by atoms with Crippen molar-refractivity contribution in [2.45, 2.75) is 84.6 Å². The minimum absolute atomic E-state index is 0.326. The van der Waals surface area contributed by atoms with Gasteiger partial charge in [-0.3, -0.25) is 4.79 Å². The highest BCUT2D eigenvalue weighted by Gasteiger charge is 2.30. The molecule has 0 spiro atoms. The Kier molecular flexibility index (Phi) is 9.94. The molecule has 0 aliphatic rings. The minimum atomic E-state index is -0.728. The fourth-order valence-corrected chi connectivity index (χ4v) is 2.13. The topological polar surface area (TPSA) is 49.3 Å². The lowest BCUT2D eigenvalue weighted by Crippen LogP contribution is -2.48. The molecule has 0 amide bonds. The first-order chi connectivity index (χ1) is 8.91. The van der Waals surface area contributed by atoms with E-state index in [-0.39, 0.29) is 11.5 Å². The molecule has 114 valence electrons. The van der Waals surface area contributed by atoms with Crippen LogP contribution in [0.2, 0.25) is 0 Å². The van der Waals surface area contributed by atoms with Crippen molar-refractivity contribution in [2.75, 3.05) is 6.54 Å². The van der Waals surface area contributed by atoms with Crippen molar-refractivity contribution in [1.82, 2.24) is 5.32 Å². The summed E-state index contributed by atoms with van der Waals surface area (Å²) in [6, 6.07) is 0. The molecular weight excluding hydrogens is 238 g/mol. The van der Waals surface area contributed by atoms with E-state index in [1.165, 1.54) is 44.9 Å². The largest absolute Gasteiger partial charge is 0.481 e. The van der Waals surface area contributed by atoms with Crippen molar-refractivity contribution in [3.8, 4) is 0 Å². The van der Waals surface area contributed by atoms with E-state index in [2.05, 4.69) is 12.2 Å². The van der Waals surface area contributed by atoms with Crippen LogP contribution in [0.1, 0.15) is 79.1 Å². The zero-order chi connectivity index (χ0) is 14.7. The van der Waals surface area contributed by atoms with E-state index in [0.717, 1.165) is 13.0 Å². The average molecular weight is 271 g/mol. The van der Waals surface area contributed by atoms with Gasteiger partial charge in [-0.05, 0) is 26.8 Å². The summed E-state index contributed by atoms with van der Waals surface area (Å²) in [7, 11) is 0. The van der Waals surface area contributed by atoms with Gasteiger partial charge in [-0.25, -0.2) is 0 Å². The van der Waals surface area contributed by atoms with Gasteiger partial charge in [0.1, 0.15) is 0 Å². The number of hydrogen-bond donors (Lipinski definition) is 2. The summed E-state index contributed by atoms with van der Waals surface area (Å²) in [6.07, 6.45) is 10.4. The van der Waals surface area contributed by atoms with E-state index in [0.29, 0.717) is 0 Å². The van der Waals surface area contributed by atoms with Crippen LogP contribution in [0.15, 0.2) is 0 Å². The van der Waals surface area contributed by atoms with Crippen LogP contribution >= 0.6 is 0 Å². The number of carboxylic acid groups (broad SMARTS) is 1. The maximum atomic E-state index is 11.0. The van der Waals surface area contributed by atoms with Crippen LogP contribution < -0.4 is 5.32 Å². The summed E-state index contributed by atoms with van der Waals surface area (Å²) in [5.41, 5.74) is -0.326. The van der Waals surface area contributed by atoms with E-state index in [1.807, 2.05) is 13.8 Å². The van der Waals surface area contributed by atoms with E-state index in [1.54, 1.807) is 6.92 Å². The van der Waals surface area contributed by atoms with Crippen molar-refractivity contribution < 1.29 is 9.90 Å². The number of unbranched alkanes of at least 4 members (excludes halogenated alkanes) is 7. The molecule has 0 fully saturated rings. The van der Waals surface area contributed by atoms with Crippen LogP contribution in [0.3, 0.4) is 0 Å². The molecule has 3 heteroatoms. The molecule has 2 N–H and O–H groups in total. The number of hydrogen-bond acceptors (Lipinski definition) is 2. The molecule has 0 rings (SSSR count). The number of nitrogens with one attached hydrogen (secondary N) is 1. The Morgan fingerprint density at radius 1 is 1.05 bits per heavy atom. The molecule has 1 unspecified atom stereocenters. The van der Waals surface area contributed by atoms with Crippen molar-refractivity contribution in [3.05, 3.63) is 0 Å². The first-order valence-corrected chi connectivity index (χ1v) is 7.89. The molecule has 3 nitrogen and oxygen atoms in total. The van der Waals surface area contributed by atoms with Crippen LogP contribution in [0.4, 0.5) is 0 Å². The number of carboxylic acids is 1. The van der Waals surface area contributed by atoms with Gasteiger partial charge in [0.25, 0.3) is 0 Å². The monoisotopic (exact) mass is 271 g/mol. The molecule has 0 aromatic rings. The molecule has 0 bridgehead atoms. The smallest absolute Gasteiger partial charge is 0.308 e. The molecular formula is C16H33NO2. The zero-order valence-electron chi connectivity index (χ0n) is 13.3. The molecule has 0 saturated heterocycles. The van der Waals surface area contributed by atoms with Crippen LogP contribution in [-0.4, -0.2) is 23.2 Å². The van der Waals surface area contributed by atoms with Crippen molar-refractivity contribution in [1.29, 1.82) is 0 Å². The highest BCUT2D eigenvalue weighted by molar-refractivity contribution is 5.71. The lowest BCUT2D eigenvalue weighted by atomic mass is 9.89. The van der Waals surface area contributed by atoms with Crippen molar-refractivity contribution in [3.63, 3.8) is 0 Å². The van der Waals surface area contributed by atoms with E-state index >= 15 is 0 Å². The third-order valence-corrected chi connectivity index (χ3v) is 4.06. The van der Waals surface area contributed by atoms with Gasteiger partial charge >= 0.3 is 5.97 Å². The Bertz CT molecular complexity index is 239. The van der Waals surface area contributed by atoms with E-state index in [9.17, 15) is 4.79 Å². The second-order valence-corrected chi connectivity index (χ2v) is 6.18. The number of rotatable bonds is 12. The molecule has 0 aliphatic carbocycles. The summed E-state index contributed by atoms with van der Waals surface area (Å²) >= 11 is 0. The van der Waals surface area contributed by atoms with Gasteiger partial charge in [0.05, 0.1) is 5.92 Å². The predicted octanol–water partition coefficient (Wildman–Crippen LogP) is 4.22. The van der Waals surface area contributed by atoms with Crippen LogP contribution in [-0.2, 0) is 4.79 Å². The summed E-state index contributed by atoms with van der Waals surface area (Å²) in [5, 5.41) is 12.4. The molecule has 0 aliphatic heterocycles. The second kappa shape index (κ2) is 10.2. The van der Waals surface area contributed by atoms with Gasteiger partial charge in [0.2, 0.25) is 0 Å². The first-order valence-electron chi connectivity index (χ1n) is 7.89. The van der Waals surface area contributed by atoms with Gasteiger partial charge in [-0.2, -0.15) is 0 Å². The minimum Gasteiger partial charge on any atom is -0.481 e. The molecule has 0 radical (unpaired) electrons. The molecule has 0 aromatic carbocycles. The third kappa shape index (κ3) is 9.04. The van der Waals surface area contributed by atoms with E-state index < -0.39 is 5.97 Å². The van der Waals surface area contributed by atoms with Crippen LogP contribution in [0.25, 0.3) is 0 Å². The van der Waals surface area contributed by atoms with Gasteiger partial charge in [0, 0.05) is 5.54 Å². The Hall–Kier alpha value is -0.570. The normalized spacial score (nSPS) is 13.5. The quantitative estimate of drug-likeness (QED) is 0.523. The zero-order valence-corrected chi connectivity index (χ0v) is 13.3. The number of aliphatic carboxylic acids is 1. The molecule has 1 atom stereocenters. The van der Waals surface area contributed by atoms with Crippen molar-refractivity contribution in [2.24, 2.45) is 5.92 Å². The summed E-state index contributed by atoms with van der Waals surface area (Å²) in [5.74, 6) is -1.09. The summed E-state index contributed by atoms with van der Waals surface area (Å²) < 4.78 is 0. The van der Waals surface area contributed by atoms with Gasteiger partial charge < -0.3 is 10.4 Å². The number of carbonyl (C=O) groups is 1. The third-order valence-electron chi connectivity index (χ3n) is 4.06. The van der Waals surface area contributed by atoms with Crippen molar-refractivity contribution >= 4 is 5.97 Å². The first kappa shape index (κ1) is 18.4. The van der Waals surface area contributed by atoms with Crippen LogP contribution in [0, 0.1) is 5.92 Å². The Balaban J connectivity index is 3.50. The summed E-state index contributed by atoms with van der Waals surface area (Å²) in [6.45, 7) is 8.86. The average Bonchev–Trinajstić information content (AvgIpc) is 2.35. The standard InChI is InChI=1S/C16H33NO2/c1-5-6-7-8-9-10-11-12-13-17-16(3,4)14(2)15(18)19/h14,17H,5-13H2,1-4H3,(H,18,19). The molecule has 0 saturated carbocycles. The fourth-order valence-electron chi connectivity index (χ4n) is 2.13. The Morgan fingerprint density at radius 3 is 2.00 bits per heavy atom. The molecule has 19 heavy (non-hydrogen) atoms. The fraction of sp³-hybridized carbons (Fsp3) is 0.938. The predicted molar refractivity (Wildman–Crippen MR) is 81.5 cm³/mol. The maximum Gasteiger partial charge on any atom is 0.308 e. The summed E-state index contributed by atoms with van der Waals surface area (Å²) in [4.78, 5) is 11.0. The molecule has 0 heterocycles. The van der Waals surface area contributed by atoms with Gasteiger partial charge in [-0.1, -0.05) is 58.8 Å². The van der Waals surface area contributed by atoms with Gasteiger partial charge in [0.15, 0.2) is 0 Å². The second-order valence-electron chi connectivity index (χ2n) is 6.18. The SMILES string of the molecule is CCCCCCCCCCNC(C)(C)C(C)C(=O)O. The van der Waals surface area contributed by atoms with Crippen LogP contribution in [0.5, 0.6) is 0 Å².